The van der Waals surface area contributed by atoms with Crippen molar-refractivity contribution in [2.45, 2.75) is 57.5 Å². The number of nitrogens with zero attached hydrogens (tertiary/aromatic N) is 2. The smallest absolute Gasteiger partial charge is 0.326 e. The van der Waals surface area contributed by atoms with Crippen molar-refractivity contribution < 1.29 is 13.6 Å². The van der Waals surface area contributed by atoms with Crippen molar-refractivity contribution in [2.75, 3.05) is 19.6 Å². The molecule has 5 heteroatoms. The van der Waals surface area contributed by atoms with E-state index in [9.17, 15) is 13.6 Å². The summed E-state index contributed by atoms with van der Waals surface area (Å²) in [6.45, 7) is 8.44. The second-order valence-electron chi connectivity index (χ2n) is 6.34. The van der Waals surface area contributed by atoms with Gasteiger partial charge in [0.15, 0.2) is 0 Å². The van der Waals surface area contributed by atoms with Crippen LogP contribution < -0.4 is 0 Å². The van der Waals surface area contributed by atoms with Crippen LogP contribution in [0, 0.1) is 0 Å². The number of piperidine rings is 1. The van der Waals surface area contributed by atoms with Gasteiger partial charge in [0.25, 0.3) is 5.91 Å². The maximum atomic E-state index is 13.2. The number of hydrogen-bond donors (Lipinski definition) is 0. The summed E-state index contributed by atoms with van der Waals surface area (Å²) >= 11 is 0. The number of rotatable bonds is 1. The van der Waals surface area contributed by atoms with Crippen LogP contribution in [0.15, 0.2) is 0 Å². The molecule has 2 aliphatic rings. The number of amides is 1. The lowest BCUT2D eigenvalue weighted by Gasteiger charge is -2.43. The molecule has 3 nitrogen and oxygen atoms in total. The van der Waals surface area contributed by atoms with E-state index in [1.54, 1.807) is 0 Å². The van der Waals surface area contributed by atoms with E-state index in [4.69, 9.17) is 0 Å². The summed E-state index contributed by atoms with van der Waals surface area (Å²) in [5, 5.41) is 0. The summed E-state index contributed by atoms with van der Waals surface area (Å²) in [5.74, 6) is -4.09. The summed E-state index contributed by atoms with van der Waals surface area (Å²) in [6, 6.07) is 0.00414. The van der Waals surface area contributed by atoms with Gasteiger partial charge in [-0.25, -0.2) is 0 Å². The molecule has 0 atom stereocenters. The fourth-order valence-corrected chi connectivity index (χ4v) is 2.88. The number of likely N-dealkylation sites (tertiary alicyclic amines) is 2. The molecule has 2 rings (SSSR count). The third-order valence-corrected chi connectivity index (χ3v) is 4.09. The van der Waals surface area contributed by atoms with Gasteiger partial charge < -0.3 is 4.90 Å². The maximum Gasteiger partial charge on any atom is 0.326 e. The quantitative estimate of drug-likeness (QED) is 0.721. The number of alkyl halides is 2. The zero-order valence-electron chi connectivity index (χ0n) is 11.4. The van der Waals surface area contributed by atoms with Crippen LogP contribution in [0.2, 0.25) is 0 Å². The highest BCUT2D eigenvalue weighted by atomic mass is 19.3. The van der Waals surface area contributed by atoms with Gasteiger partial charge in [-0.05, 0) is 33.6 Å². The number of halogens is 2. The molecule has 2 aliphatic heterocycles. The summed E-state index contributed by atoms with van der Waals surface area (Å²) in [5.41, 5.74) is 0.115. The predicted molar refractivity (Wildman–Crippen MR) is 65.6 cm³/mol. The van der Waals surface area contributed by atoms with Crippen LogP contribution in [0.1, 0.15) is 40.0 Å². The van der Waals surface area contributed by atoms with Gasteiger partial charge in [0.2, 0.25) is 0 Å². The van der Waals surface area contributed by atoms with Gasteiger partial charge in [-0.1, -0.05) is 0 Å². The van der Waals surface area contributed by atoms with Gasteiger partial charge in [0.05, 0.1) is 0 Å². The molecule has 104 valence electrons. The Labute approximate surface area is 107 Å². The van der Waals surface area contributed by atoms with Gasteiger partial charge in [-0.3, -0.25) is 9.69 Å². The van der Waals surface area contributed by atoms with Crippen LogP contribution in [0.3, 0.4) is 0 Å². The van der Waals surface area contributed by atoms with E-state index < -0.39 is 11.8 Å². The van der Waals surface area contributed by atoms with E-state index in [2.05, 4.69) is 25.7 Å². The molecule has 0 bridgehead atoms. The Morgan fingerprint density at radius 3 is 2.11 bits per heavy atom. The maximum absolute atomic E-state index is 13.2. The molecule has 0 saturated carbocycles. The Morgan fingerprint density at radius 2 is 1.72 bits per heavy atom. The first kappa shape index (κ1) is 13.7. The average molecular weight is 260 g/mol. The van der Waals surface area contributed by atoms with E-state index in [1.165, 1.54) is 4.90 Å². The lowest BCUT2D eigenvalue weighted by molar-refractivity contribution is -0.150. The zero-order valence-corrected chi connectivity index (χ0v) is 11.4. The predicted octanol–water partition coefficient (Wildman–Crippen LogP) is 2.12. The van der Waals surface area contributed by atoms with Gasteiger partial charge in [-0.15, -0.1) is 0 Å². The van der Waals surface area contributed by atoms with Crippen molar-refractivity contribution in [3.05, 3.63) is 0 Å². The lowest BCUT2D eigenvalue weighted by atomic mass is 9.97. The molecule has 0 N–H and O–H groups in total. The van der Waals surface area contributed by atoms with E-state index in [0.717, 1.165) is 25.9 Å². The minimum atomic E-state index is -3.12. The summed E-state index contributed by atoms with van der Waals surface area (Å²) in [6.07, 6.45) is 1.30. The molecule has 0 aromatic carbocycles. The van der Waals surface area contributed by atoms with Crippen LogP contribution in [0.4, 0.5) is 8.78 Å². The largest absolute Gasteiger partial charge is 0.334 e. The second kappa shape index (κ2) is 4.44. The summed E-state index contributed by atoms with van der Waals surface area (Å²) in [4.78, 5) is 15.3. The first-order chi connectivity index (χ1) is 8.22. The molecule has 2 fully saturated rings. The standard InChI is InChI=1S/C13H22F2N2O/c1-12(2,3)16-7-4-10(5-8-16)17-9-6-13(14,15)11(17)18/h10H,4-9H2,1-3H3. The average Bonchev–Trinajstić information content (AvgIpc) is 2.53. The Balaban J connectivity index is 1.93. The Hall–Kier alpha value is -0.710. The number of hydrogen-bond acceptors (Lipinski definition) is 2. The van der Waals surface area contributed by atoms with E-state index in [0.29, 0.717) is 0 Å². The number of carbonyl (C=O) groups excluding carboxylic acids is 1. The van der Waals surface area contributed by atoms with Crippen LogP contribution in [0.5, 0.6) is 0 Å². The normalized spacial score (nSPS) is 26.9. The van der Waals surface area contributed by atoms with Gasteiger partial charge in [0.1, 0.15) is 0 Å². The fraction of sp³-hybridized carbons (Fsp3) is 0.923. The van der Waals surface area contributed by atoms with Crippen LogP contribution in [-0.2, 0) is 4.79 Å². The lowest BCUT2D eigenvalue weighted by Crippen LogP contribution is -2.52. The molecule has 18 heavy (non-hydrogen) atoms. The fourth-order valence-electron chi connectivity index (χ4n) is 2.88. The molecule has 2 heterocycles. The van der Waals surface area contributed by atoms with E-state index >= 15 is 0 Å². The third kappa shape index (κ3) is 2.51. The summed E-state index contributed by atoms with van der Waals surface area (Å²) in [7, 11) is 0. The molecule has 0 spiro atoms. The second-order valence-corrected chi connectivity index (χ2v) is 6.34. The highest BCUT2D eigenvalue weighted by Gasteiger charge is 2.50. The third-order valence-electron chi connectivity index (χ3n) is 4.09. The molecule has 1 amide bonds. The first-order valence-corrected chi connectivity index (χ1v) is 6.66. The van der Waals surface area contributed by atoms with E-state index in [1.807, 2.05) is 0 Å². The molecule has 0 aromatic heterocycles. The van der Waals surface area contributed by atoms with Crippen molar-refractivity contribution in [1.29, 1.82) is 0 Å². The van der Waals surface area contributed by atoms with Crippen molar-refractivity contribution in [2.24, 2.45) is 0 Å². The van der Waals surface area contributed by atoms with Gasteiger partial charge in [-0.2, -0.15) is 8.78 Å². The van der Waals surface area contributed by atoms with Crippen LogP contribution in [-0.4, -0.2) is 52.8 Å². The van der Waals surface area contributed by atoms with Gasteiger partial charge >= 0.3 is 5.92 Å². The SMILES string of the molecule is CC(C)(C)N1CCC(N2CCC(F)(F)C2=O)CC1. The topological polar surface area (TPSA) is 23.6 Å². The monoisotopic (exact) mass is 260 g/mol. The molecule has 0 aromatic rings. The van der Waals surface area contributed by atoms with Gasteiger partial charge in [0, 0.05) is 37.6 Å². The molecule has 0 aliphatic carbocycles. The minimum Gasteiger partial charge on any atom is -0.334 e. The molecular weight excluding hydrogens is 238 g/mol. The van der Waals surface area contributed by atoms with E-state index in [-0.39, 0.29) is 24.5 Å². The van der Waals surface area contributed by atoms with Crippen LogP contribution >= 0.6 is 0 Å². The molecule has 0 radical (unpaired) electrons. The van der Waals surface area contributed by atoms with Crippen molar-refractivity contribution in [1.82, 2.24) is 9.80 Å². The van der Waals surface area contributed by atoms with Crippen molar-refractivity contribution in [3.8, 4) is 0 Å². The molecular formula is C13H22F2N2O. The Morgan fingerprint density at radius 1 is 1.17 bits per heavy atom. The highest BCUT2D eigenvalue weighted by molar-refractivity contribution is 5.85. The summed E-state index contributed by atoms with van der Waals surface area (Å²) < 4.78 is 26.4. The Bertz CT molecular complexity index is 330. The molecule has 2 saturated heterocycles. The van der Waals surface area contributed by atoms with Crippen LogP contribution in [0.25, 0.3) is 0 Å². The van der Waals surface area contributed by atoms with Crippen molar-refractivity contribution >= 4 is 5.91 Å². The highest BCUT2D eigenvalue weighted by Crippen LogP contribution is 2.33. The number of carbonyl (C=O) groups is 1. The zero-order chi connectivity index (χ0) is 13.6. The first-order valence-electron chi connectivity index (χ1n) is 6.66. The minimum absolute atomic E-state index is 0.00414. The Kier molecular flexibility index (Phi) is 3.38. The van der Waals surface area contributed by atoms with Crippen molar-refractivity contribution in [3.63, 3.8) is 0 Å². The molecule has 0 unspecified atom stereocenters.